The second-order valence-electron chi connectivity index (χ2n) is 5.47. The molecule has 9 heteroatoms. The monoisotopic (exact) mass is 372 g/mol. The summed E-state index contributed by atoms with van der Waals surface area (Å²) in [6.07, 6.45) is 1.34. The summed E-state index contributed by atoms with van der Waals surface area (Å²) >= 11 is 0. The Bertz CT molecular complexity index is 1060. The maximum Gasteiger partial charge on any atom is 0.387 e. The minimum absolute atomic E-state index is 0.0204. The molecule has 7 nitrogen and oxygen atoms in total. The van der Waals surface area contributed by atoms with Crippen LogP contribution in [0.2, 0.25) is 0 Å². The number of carbonyl (C=O) groups is 1. The topological polar surface area (TPSA) is 85.6 Å². The number of carbonyl (C=O) groups excluding carboxylic acids is 1. The number of amides is 1. The Morgan fingerprint density at radius 3 is 2.52 bits per heavy atom. The molecule has 1 aromatic heterocycles. The van der Waals surface area contributed by atoms with E-state index in [9.17, 15) is 18.4 Å². The molecule has 0 bridgehead atoms. The molecule has 0 saturated heterocycles. The second kappa shape index (κ2) is 7.73. The van der Waals surface area contributed by atoms with Crippen molar-refractivity contribution in [2.24, 2.45) is 12.1 Å². The minimum Gasteiger partial charge on any atom is -0.435 e. The van der Waals surface area contributed by atoms with Crippen molar-refractivity contribution in [2.45, 2.75) is 6.61 Å². The molecule has 3 aromatic rings. The van der Waals surface area contributed by atoms with E-state index >= 15 is 0 Å². The highest BCUT2D eigenvalue weighted by atomic mass is 19.3. The Morgan fingerprint density at radius 1 is 1.19 bits per heavy atom. The van der Waals surface area contributed by atoms with Crippen LogP contribution in [0.3, 0.4) is 0 Å². The van der Waals surface area contributed by atoms with Gasteiger partial charge in [-0.1, -0.05) is 18.2 Å². The lowest BCUT2D eigenvalue weighted by molar-refractivity contribution is -0.0498. The number of rotatable bonds is 5. The van der Waals surface area contributed by atoms with Gasteiger partial charge in [-0.15, -0.1) is 0 Å². The molecule has 138 valence electrons. The molecule has 0 atom stereocenters. The summed E-state index contributed by atoms with van der Waals surface area (Å²) in [4.78, 5) is 24.5. The van der Waals surface area contributed by atoms with Gasteiger partial charge in [-0.2, -0.15) is 19.0 Å². The maximum absolute atomic E-state index is 12.4. The van der Waals surface area contributed by atoms with Gasteiger partial charge in [-0.3, -0.25) is 9.59 Å². The molecule has 0 aliphatic rings. The molecule has 0 saturated carbocycles. The Balaban J connectivity index is 1.76. The van der Waals surface area contributed by atoms with E-state index in [2.05, 4.69) is 20.4 Å². The van der Waals surface area contributed by atoms with Gasteiger partial charge in [0, 0.05) is 12.4 Å². The molecular weight excluding hydrogens is 358 g/mol. The normalized spacial score (nSPS) is 11.3. The molecule has 0 spiro atoms. The van der Waals surface area contributed by atoms with E-state index in [0.29, 0.717) is 16.3 Å². The van der Waals surface area contributed by atoms with Gasteiger partial charge in [0.05, 0.1) is 11.6 Å². The number of alkyl halides is 2. The molecule has 27 heavy (non-hydrogen) atoms. The van der Waals surface area contributed by atoms with E-state index in [1.807, 2.05) is 0 Å². The van der Waals surface area contributed by atoms with Crippen molar-refractivity contribution in [2.75, 3.05) is 0 Å². The van der Waals surface area contributed by atoms with Crippen molar-refractivity contribution in [3.63, 3.8) is 0 Å². The van der Waals surface area contributed by atoms with Gasteiger partial charge in [0.2, 0.25) is 0 Å². The van der Waals surface area contributed by atoms with Crippen LogP contribution < -0.4 is 15.7 Å². The first-order chi connectivity index (χ1) is 13.0. The smallest absolute Gasteiger partial charge is 0.387 e. The van der Waals surface area contributed by atoms with Crippen molar-refractivity contribution in [1.29, 1.82) is 0 Å². The van der Waals surface area contributed by atoms with Crippen molar-refractivity contribution >= 4 is 22.9 Å². The van der Waals surface area contributed by atoms with Crippen LogP contribution in [0.4, 0.5) is 8.78 Å². The van der Waals surface area contributed by atoms with Gasteiger partial charge in [0.15, 0.2) is 5.69 Å². The number of ether oxygens (including phenoxy) is 1. The number of fused-ring (bicyclic) bond motifs is 1. The molecule has 1 heterocycles. The number of halogens is 2. The Labute approximate surface area is 151 Å². The van der Waals surface area contributed by atoms with Gasteiger partial charge < -0.3 is 4.74 Å². The fraction of sp³-hybridized carbons (Fsp3) is 0.111. The molecule has 1 amide bonds. The predicted molar refractivity (Wildman–Crippen MR) is 95.1 cm³/mol. The molecule has 1 N–H and O–H groups in total. The van der Waals surface area contributed by atoms with Gasteiger partial charge in [0.25, 0.3) is 11.5 Å². The second-order valence-corrected chi connectivity index (χ2v) is 5.47. The first kappa shape index (κ1) is 18.2. The van der Waals surface area contributed by atoms with Crippen molar-refractivity contribution < 1.29 is 18.3 Å². The van der Waals surface area contributed by atoms with E-state index in [4.69, 9.17) is 0 Å². The quantitative estimate of drug-likeness (QED) is 0.550. The standard InChI is InChI=1S/C18H14F2N4O3/c1-24-17(26)14-5-3-2-4-13(14)15(23-24)16(25)22-21-10-11-6-8-12(9-7-11)27-18(19)20/h2-10,18H,1H3,(H,22,25)/b21-10-. The van der Waals surface area contributed by atoms with Crippen molar-refractivity contribution in [1.82, 2.24) is 15.2 Å². The average Bonchev–Trinajstić information content (AvgIpc) is 2.65. The lowest BCUT2D eigenvalue weighted by Gasteiger charge is -2.06. The van der Waals surface area contributed by atoms with E-state index in [0.717, 1.165) is 4.68 Å². The molecule has 0 radical (unpaired) electrons. The van der Waals surface area contributed by atoms with Gasteiger partial charge in [0.1, 0.15) is 5.75 Å². The number of hydrazone groups is 1. The summed E-state index contributed by atoms with van der Waals surface area (Å²) in [6, 6.07) is 12.4. The molecule has 0 aliphatic heterocycles. The largest absolute Gasteiger partial charge is 0.435 e. The predicted octanol–water partition coefficient (Wildman–Crippen LogP) is 2.30. The highest BCUT2D eigenvalue weighted by Gasteiger charge is 2.14. The third kappa shape index (κ3) is 4.14. The van der Waals surface area contributed by atoms with E-state index < -0.39 is 12.5 Å². The molecular formula is C18H14F2N4O3. The molecule has 3 rings (SSSR count). The van der Waals surface area contributed by atoms with Crippen LogP contribution in [0.15, 0.2) is 58.4 Å². The SMILES string of the molecule is Cn1nc(C(=O)N/N=C\c2ccc(OC(F)F)cc2)c2ccccc2c1=O. The van der Waals surface area contributed by atoms with E-state index in [1.165, 1.54) is 37.5 Å². The Morgan fingerprint density at radius 2 is 1.85 bits per heavy atom. The zero-order valence-corrected chi connectivity index (χ0v) is 14.1. The fourth-order valence-corrected chi connectivity index (χ4v) is 2.42. The van der Waals surface area contributed by atoms with Crippen LogP contribution in [0.5, 0.6) is 5.75 Å². The van der Waals surface area contributed by atoms with E-state index in [1.54, 1.807) is 24.3 Å². The number of nitrogens with zero attached hydrogens (tertiary/aromatic N) is 3. The molecule has 0 unspecified atom stereocenters. The molecule has 2 aromatic carbocycles. The number of hydrogen-bond acceptors (Lipinski definition) is 5. The summed E-state index contributed by atoms with van der Waals surface area (Å²) in [5, 5.41) is 8.61. The number of nitrogens with one attached hydrogen (secondary N) is 1. The number of benzene rings is 2. The number of aryl methyl sites for hydroxylation is 1. The van der Waals surface area contributed by atoms with Crippen LogP contribution in [0.1, 0.15) is 16.1 Å². The summed E-state index contributed by atoms with van der Waals surface area (Å²) < 4.78 is 29.6. The summed E-state index contributed by atoms with van der Waals surface area (Å²) in [5.74, 6) is -0.567. The Kier molecular flexibility index (Phi) is 5.20. The van der Waals surface area contributed by atoms with Crippen molar-refractivity contribution in [3.05, 3.63) is 70.1 Å². The summed E-state index contributed by atoms with van der Waals surface area (Å²) in [5.41, 5.74) is 2.65. The zero-order valence-electron chi connectivity index (χ0n) is 14.1. The van der Waals surface area contributed by atoms with Crippen LogP contribution in [-0.4, -0.2) is 28.5 Å². The summed E-state index contributed by atoms with van der Waals surface area (Å²) in [7, 11) is 1.46. The van der Waals surface area contributed by atoms with Crippen LogP contribution >= 0.6 is 0 Å². The van der Waals surface area contributed by atoms with Gasteiger partial charge in [-0.25, -0.2) is 10.1 Å². The average molecular weight is 372 g/mol. The van der Waals surface area contributed by atoms with E-state index in [-0.39, 0.29) is 17.0 Å². The fourth-order valence-electron chi connectivity index (χ4n) is 2.42. The first-order valence-corrected chi connectivity index (χ1v) is 7.80. The van der Waals surface area contributed by atoms with Gasteiger partial charge in [-0.05, 0) is 35.9 Å². The zero-order chi connectivity index (χ0) is 19.4. The lowest BCUT2D eigenvalue weighted by atomic mass is 10.1. The maximum atomic E-state index is 12.4. The third-order valence-corrected chi connectivity index (χ3v) is 3.66. The highest BCUT2D eigenvalue weighted by Crippen LogP contribution is 2.14. The number of aromatic nitrogens is 2. The number of hydrogen-bond donors (Lipinski definition) is 1. The van der Waals surface area contributed by atoms with Crippen LogP contribution in [-0.2, 0) is 7.05 Å². The van der Waals surface area contributed by atoms with Gasteiger partial charge >= 0.3 is 6.61 Å². The highest BCUT2D eigenvalue weighted by molar-refractivity contribution is 6.04. The van der Waals surface area contributed by atoms with Crippen LogP contribution in [0, 0.1) is 0 Å². The molecule has 0 aliphatic carbocycles. The minimum atomic E-state index is -2.90. The lowest BCUT2D eigenvalue weighted by Crippen LogP contribution is -2.27. The van der Waals surface area contributed by atoms with Crippen molar-refractivity contribution in [3.8, 4) is 5.75 Å². The molecule has 0 fully saturated rings. The Hall–Kier alpha value is -3.62. The van der Waals surface area contributed by atoms with Crippen LogP contribution in [0.25, 0.3) is 10.8 Å². The third-order valence-electron chi connectivity index (χ3n) is 3.66. The first-order valence-electron chi connectivity index (χ1n) is 7.80. The summed E-state index contributed by atoms with van der Waals surface area (Å²) in [6.45, 7) is -2.90.